The lowest BCUT2D eigenvalue weighted by Crippen LogP contribution is -2.34. The Morgan fingerprint density at radius 1 is 1.32 bits per heavy atom. The van der Waals surface area contributed by atoms with Crippen LogP contribution in [-0.2, 0) is 11.2 Å². The van der Waals surface area contributed by atoms with Gasteiger partial charge < -0.3 is 10.1 Å². The van der Waals surface area contributed by atoms with Crippen molar-refractivity contribution in [1.29, 1.82) is 0 Å². The molecule has 108 valence electrons. The minimum absolute atomic E-state index is 0.266. The summed E-state index contributed by atoms with van der Waals surface area (Å²) in [5.74, 6) is 0.572. The van der Waals surface area contributed by atoms with Crippen molar-refractivity contribution in [2.24, 2.45) is 11.3 Å². The summed E-state index contributed by atoms with van der Waals surface area (Å²) in [6, 6.07) is 8.17. The van der Waals surface area contributed by atoms with Crippen LogP contribution in [0.25, 0.3) is 0 Å². The quantitative estimate of drug-likeness (QED) is 0.769. The molecule has 0 saturated heterocycles. The third-order valence-corrected chi connectivity index (χ3v) is 3.70. The highest BCUT2D eigenvalue weighted by atomic mass is 35.5. The number of ether oxygens (including phenoxy) is 1. The van der Waals surface area contributed by atoms with Crippen molar-refractivity contribution in [3.8, 4) is 0 Å². The van der Waals surface area contributed by atoms with E-state index in [1.165, 1.54) is 5.56 Å². The minimum atomic E-state index is 0.266. The molecule has 3 heteroatoms. The van der Waals surface area contributed by atoms with Crippen LogP contribution in [0.5, 0.6) is 0 Å². The first-order chi connectivity index (χ1) is 8.93. The van der Waals surface area contributed by atoms with Gasteiger partial charge in [-0.15, -0.1) is 0 Å². The maximum atomic E-state index is 6.06. The third-order valence-electron chi connectivity index (χ3n) is 3.47. The first kappa shape index (κ1) is 16.5. The van der Waals surface area contributed by atoms with Crippen molar-refractivity contribution in [1.82, 2.24) is 5.32 Å². The van der Waals surface area contributed by atoms with E-state index in [0.29, 0.717) is 5.92 Å². The number of benzene rings is 1. The fraction of sp³-hybridized carbons (Fsp3) is 0.625. The second-order valence-corrected chi connectivity index (χ2v) is 6.53. The Balaban J connectivity index is 2.59. The van der Waals surface area contributed by atoms with Crippen LogP contribution in [0.3, 0.4) is 0 Å². The van der Waals surface area contributed by atoms with E-state index in [1.807, 2.05) is 12.1 Å². The summed E-state index contributed by atoms with van der Waals surface area (Å²) >= 11 is 6.06. The molecule has 0 heterocycles. The topological polar surface area (TPSA) is 21.3 Å². The number of hydrogen-bond donors (Lipinski definition) is 1. The second kappa shape index (κ2) is 7.88. The van der Waals surface area contributed by atoms with E-state index < -0.39 is 0 Å². The van der Waals surface area contributed by atoms with Crippen molar-refractivity contribution in [3.05, 3.63) is 34.9 Å². The highest BCUT2D eigenvalue weighted by molar-refractivity contribution is 6.30. The van der Waals surface area contributed by atoms with Gasteiger partial charge in [0.1, 0.15) is 0 Å². The van der Waals surface area contributed by atoms with E-state index >= 15 is 0 Å². The van der Waals surface area contributed by atoms with Crippen LogP contribution in [0.1, 0.15) is 26.3 Å². The first-order valence-corrected chi connectivity index (χ1v) is 7.25. The van der Waals surface area contributed by atoms with Gasteiger partial charge in [-0.25, -0.2) is 0 Å². The average molecular weight is 284 g/mol. The largest absolute Gasteiger partial charge is 0.383 e. The second-order valence-electron chi connectivity index (χ2n) is 6.09. The summed E-state index contributed by atoms with van der Waals surface area (Å²) in [4.78, 5) is 0. The summed E-state index contributed by atoms with van der Waals surface area (Å²) < 4.78 is 5.06. The normalized spacial score (nSPS) is 13.5. The SMILES string of the molecule is COCCNCC(Cc1cccc(Cl)c1)C(C)(C)C. The van der Waals surface area contributed by atoms with E-state index in [2.05, 4.69) is 38.2 Å². The van der Waals surface area contributed by atoms with Crippen molar-refractivity contribution in [2.75, 3.05) is 26.8 Å². The van der Waals surface area contributed by atoms with Crippen LogP contribution < -0.4 is 5.32 Å². The molecule has 0 aliphatic carbocycles. The maximum Gasteiger partial charge on any atom is 0.0587 e. The maximum absolute atomic E-state index is 6.06. The molecule has 1 rings (SSSR count). The van der Waals surface area contributed by atoms with Crippen molar-refractivity contribution >= 4 is 11.6 Å². The van der Waals surface area contributed by atoms with Crippen molar-refractivity contribution < 1.29 is 4.74 Å². The lowest BCUT2D eigenvalue weighted by molar-refractivity contribution is 0.186. The Kier molecular flexibility index (Phi) is 6.84. The van der Waals surface area contributed by atoms with Gasteiger partial charge in [0.05, 0.1) is 6.61 Å². The molecule has 1 unspecified atom stereocenters. The van der Waals surface area contributed by atoms with Gasteiger partial charge in [0.15, 0.2) is 0 Å². The van der Waals surface area contributed by atoms with Gasteiger partial charge in [-0.2, -0.15) is 0 Å². The van der Waals surface area contributed by atoms with Gasteiger partial charge in [0, 0.05) is 18.7 Å². The molecule has 0 saturated carbocycles. The van der Waals surface area contributed by atoms with E-state index in [0.717, 1.165) is 31.1 Å². The third kappa shape index (κ3) is 6.42. The zero-order chi connectivity index (χ0) is 14.3. The van der Waals surface area contributed by atoms with Crippen LogP contribution in [0.2, 0.25) is 5.02 Å². The first-order valence-electron chi connectivity index (χ1n) is 6.87. The van der Waals surface area contributed by atoms with Crippen LogP contribution in [0.15, 0.2) is 24.3 Å². The number of hydrogen-bond acceptors (Lipinski definition) is 2. The monoisotopic (exact) mass is 283 g/mol. The Hall–Kier alpha value is -0.570. The molecule has 0 amide bonds. The number of nitrogens with one attached hydrogen (secondary N) is 1. The molecule has 0 aliphatic heterocycles. The van der Waals surface area contributed by atoms with E-state index in [9.17, 15) is 0 Å². The summed E-state index contributed by atoms with van der Waals surface area (Å²) in [7, 11) is 1.73. The van der Waals surface area contributed by atoms with Crippen LogP contribution >= 0.6 is 11.6 Å². The Morgan fingerprint density at radius 2 is 2.05 bits per heavy atom. The van der Waals surface area contributed by atoms with Crippen LogP contribution in [-0.4, -0.2) is 26.8 Å². The molecule has 1 aromatic rings. The molecule has 1 aromatic carbocycles. The lowest BCUT2D eigenvalue weighted by Gasteiger charge is -2.31. The number of halogens is 1. The summed E-state index contributed by atoms with van der Waals surface area (Å²) in [5, 5.41) is 4.29. The molecule has 0 spiro atoms. The summed E-state index contributed by atoms with van der Waals surface area (Å²) in [6.45, 7) is 9.53. The van der Waals surface area contributed by atoms with Gasteiger partial charge >= 0.3 is 0 Å². The Labute approximate surface area is 122 Å². The zero-order valence-electron chi connectivity index (χ0n) is 12.5. The lowest BCUT2D eigenvalue weighted by atomic mass is 9.77. The molecule has 0 radical (unpaired) electrons. The highest BCUT2D eigenvalue weighted by Gasteiger charge is 2.24. The smallest absolute Gasteiger partial charge is 0.0587 e. The van der Waals surface area contributed by atoms with Gasteiger partial charge in [0.2, 0.25) is 0 Å². The van der Waals surface area contributed by atoms with Gasteiger partial charge in [-0.05, 0) is 42.0 Å². The van der Waals surface area contributed by atoms with Gasteiger partial charge in [0.25, 0.3) is 0 Å². The molecule has 1 atom stereocenters. The molecule has 1 N–H and O–H groups in total. The summed E-state index contributed by atoms with van der Waals surface area (Å²) in [5.41, 5.74) is 1.57. The molecule has 2 nitrogen and oxygen atoms in total. The fourth-order valence-corrected chi connectivity index (χ4v) is 2.30. The minimum Gasteiger partial charge on any atom is -0.383 e. The molecule has 0 aromatic heterocycles. The fourth-order valence-electron chi connectivity index (χ4n) is 2.08. The van der Waals surface area contributed by atoms with Gasteiger partial charge in [-0.1, -0.05) is 44.5 Å². The van der Waals surface area contributed by atoms with Crippen LogP contribution in [0.4, 0.5) is 0 Å². The molecule has 0 fully saturated rings. The molecular formula is C16H26ClNO. The predicted molar refractivity (Wildman–Crippen MR) is 82.8 cm³/mol. The predicted octanol–water partition coefficient (Wildman–Crippen LogP) is 3.78. The van der Waals surface area contributed by atoms with Crippen LogP contribution in [0, 0.1) is 11.3 Å². The summed E-state index contributed by atoms with van der Waals surface area (Å²) in [6.07, 6.45) is 1.05. The molecule has 0 aliphatic rings. The van der Waals surface area contributed by atoms with Gasteiger partial charge in [-0.3, -0.25) is 0 Å². The standard InChI is InChI=1S/C16H26ClNO/c1-16(2,3)14(12-18-8-9-19-4)10-13-6-5-7-15(17)11-13/h5-7,11,14,18H,8-10,12H2,1-4H3. The van der Waals surface area contributed by atoms with E-state index in [1.54, 1.807) is 7.11 Å². The number of rotatable bonds is 7. The Morgan fingerprint density at radius 3 is 2.63 bits per heavy atom. The zero-order valence-corrected chi connectivity index (χ0v) is 13.3. The van der Waals surface area contributed by atoms with Crippen molar-refractivity contribution in [2.45, 2.75) is 27.2 Å². The van der Waals surface area contributed by atoms with Crippen molar-refractivity contribution in [3.63, 3.8) is 0 Å². The van der Waals surface area contributed by atoms with E-state index in [-0.39, 0.29) is 5.41 Å². The molecular weight excluding hydrogens is 258 g/mol. The highest BCUT2D eigenvalue weighted by Crippen LogP contribution is 2.29. The average Bonchev–Trinajstić information content (AvgIpc) is 2.32. The number of methoxy groups -OCH3 is 1. The molecule has 0 bridgehead atoms. The Bertz CT molecular complexity index is 373. The molecule has 19 heavy (non-hydrogen) atoms. The van der Waals surface area contributed by atoms with E-state index in [4.69, 9.17) is 16.3 Å².